The van der Waals surface area contributed by atoms with Crippen molar-refractivity contribution in [2.45, 2.75) is 26.8 Å². The van der Waals surface area contributed by atoms with Crippen molar-refractivity contribution in [3.05, 3.63) is 28.2 Å². The number of aromatic nitrogens is 2. The van der Waals surface area contributed by atoms with Crippen molar-refractivity contribution in [3.63, 3.8) is 0 Å². The molecule has 0 bridgehead atoms. The number of aryl methyl sites for hydroxylation is 1. The van der Waals surface area contributed by atoms with E-state index in [9.17, 15) is 9.59 Å². The summed E-state index contributed by atoms with van der Waals surface area (Å²) in [7, 11) is 0. The lowest BCUT2D eigenvalue weighted by molar-refractivity contribution is 0.101. The standard InChI is InChI=1S/C9H12N2O2/c1-3-6-11-9(13)5-4-8(10-11)7(2)12/h4-5H,3,6H2,1-2H3. The SMILES string of the molecule is CCCn1nc(C(C)=O)ccc1=O. The summed E-state index contributed by atoms with van der Waals surface area (Å²) in [6.07, 6.45) is 0.828. The van der Waals surface area contributed by atoms with E-state index in [-0.39, 0.29) is 11.3 Å². The Morgan fingerprint density at radius 3 is 2.77 bits per heavy atom. The molecule has 0 amide bonds. The maximum absolute atomic E-state index is 11.2. The molecule has 70 valence electrons. The predicted octanol–water partition coefficient (Wildman–Crippen LogP) is 0.856. The fourth-order valence-corrected chi connectivity index (χ4v) is 1.01. The van der Waals surface area contributed by atoms with Gasteiger partial charge in [-0.05, 0) is 12.5 Å². The molecule has 4 heteroatoms. The van der Waals surface area contributed by atoms with E-state index in [0.29, 0.717) is 12.2 Å². The number of ketones is 1. The third-order valence-electron chi connectivity index (χ3n) is 1.66. The third kappa shape index (κ3) is 2.24. The fraction of sp³-hybridized carbons (Fsp3) is 0.444. The average Bonchev–Trinajstić information content (AvgIpc) is 2.08. The number of nitrogens with zero attached hydrogens (tertiary/aromatic N) is 2. The van der Waals surface area contributed by atoms with Crippen molar-refractivity contribution in [2.75, 3.05) is 0 Å². The van der Waals surface area contributed by atoms with Gasteiger partial charge in [0.2, 0.25) is 0 Å². The highest BCUT2D eigenvalue weighted by atomic mass is 16.1. The van der Waals surface area contributed by atoms with Gasteiger partial charge in [-0.15, -0.1) is 0 Å². The number of rotatable bonds is 3. The zero-order valence-corrected chi connectivity index (χ0v) is 7.78. The van der Waals surface area contributed by atoms with E-state index in [2.05, 4.69) is 5.10 Å². The van der Waals surface area contributed by atoms with Crippen LogP contribution in [0.4, 0.5) is 0 Å². The maximum atomic E-state index is 11.2. The number of carbonyl (C=O) groups excluding carboxylic acids is 1. The third-order valence-corrected chi connectivity index (χ3v) is 1.66. The summed E-state index contributed by atoms with van der Waals surface area (Å²) in [5.74, 6) is -0.121. The van der Waals surface area contributed by atoms with Gasteiger partial charge in [-0.2, -0.15) is 5.10 Å². The van der Waals surface area contributed by atoms with E-state index in [4.69, 9.17) is 0 Å². The van der Waals surface area contributed by atoms with Gasteiger partial charge in [0.15, 0.2) is 5.78 Å². The lowest BCUT2D eigenvalue weighted by Gasteiger charge is -2.02. The number of hydrogen-bond donors (Lipinski definition) is 0. The van der Waals surface area contributed by atoms with Gasteiger partial charge in [-0.1, -0.05) is 6.92 Å². The molecule has 0 aliphatic heterocycles. The highest BCUT2D eigenvalue weighted by Gasteiger charge is 2.03. The van der Waals surface area contributed by atoms with Crippen molar-refractivity contribution in [1.29, 1.82) is 0 Å². The van der Waals surface area contributed by atoms with E-state index in [1.54, 1.807) is 0 Å². The van der Waals surface area contributed by atoms with Crippen LogP contribution in [-0.4, -0.2) is 15.6 Å². The molecule has 13 heavy (non-hydrogen) atoms. The molecule has 0 saturated heterocycles. The first-order valence-electron chi connectivity index (χ1n) is 4.24. The lowest BCUT2D eigenvalue weighted by atomic mass is 10.3. The molecular formula is C9H12N2O2. The van der Waals surface area contributed by atoms with Gasteiger partial charge in [0.05, 0.1) is 0 Å². The van der Waals surface area contributed by atoms with E-state index in [1.165, 1.54) is 23.7 Å². The van der Waals surface area contributed by atoms with Crippen molar-refractivity contribution >= 4 is 5.78 Å². The molecule has 1 heterocycles. The van der Waals surface area contributed by atoms with E-state index in [0.717, 1.165) is 6.42 Å². The molecule has 0 atom stereocenters. The second-order valence-corrected chi connectivity index (χ2v) is 2.84. The molecule has 0 radical (unpaired) electrons. The number of Topliss-reactive ketones (excluding diaryl/α,β-unsaturated/α-hetero) is 1. The van der Waals surface area contributed by atoms with E-state index < -0.39 is 0 Å². The molecule has 0 N–H and O–H groups in total. The van der Waals surface area contributed by atoms with E-state index in [1.807, 2.05) is 6.92 Å². The van der Waals surface area contributed by atoms with Crippen molar-refractivity contribution in [3.8, 4) is 0 Å². The van der Waals surface area contributed by atoms with Crippen LogP contribution in [0.3, 0.4) is 0 Å². The fourth-order valence-electron chi connectivity index (χ4n) is 1.01. The molecule has 0 aliphatic rings. The second-order valence-electron chi connectivity index (χ2n) is 2.84. The summed E-state index contributed by atoms with van der Waals surface area (Å²) in [5.41, 5.74) is 0.180. The van der Waals surface area contributed by atoms with Gasteiger partial charge < -0.3 is 0 Å². The quantitative estimate of drug-likeness (QED) is 0.648. The zero-order valence-electron chi connectivity index (χ0n) is 7.78. The van der Waals surface area contributed by atoms with Gasteiger partial charge in [0.1, 0.15) is 5.69 Å². The Morgan fingerprint density at radius 2 is 2.23 bits per heavy atom. The van der Waals surface area contributed by atoms with E-state index >= 15 is 0 Å². The highest BCUT2D eigenvalue weighted by molar-refractivity contribution is 5.91. The Morgan fingerprint density at radius 1 is 1.54 bits per heavy atom. The summed E-state index contributed by atoms with van der Waals surface area (Å²) >= 11 is 0. The Kier molecular flexibility index (Phi) is 2.95. The molecule has 0 unspecified atom stereocenters. The minimum Gasteiger partial charge on any atom is -0.293 e. The Labute approximate surface area is 76.2 Å². The Balaban J connectivity index is 3.11. The lowest BCUT2D eigenvalue weighted by Crippen LogP contribution is -2.23. The maximum Gasteiger partial charge on any atom is 0.266 e. The normalized spacial score (nSPS) is 10.0. The molecule has 0 aliphatic carbocycles. The first kappa shape index (κ1) is 9.64. The van der Waals surface area contributed by atoms with Crippen LogP contribution in [0.15, 0.2) is 16.9 Å². The van der Waals surface area contributed by atoms with Crippen LogP contribution in [0, 0.1) is 0 Å². The van der Waals surface area contributed by atoms with Gasteiger partial charge >= 0.3 is 0 Å². The van der Waals surface area contributed by atoms with Gasteiger partial charge in [-0.3, -0.25) is 9.59 Å². The molecule has 0 aromatic carbocycles. The number of carbonyl (C=O) groups is 1. The summed E-state index contributed by atoms with van der Waals surface area (Å²) in [4.78, 5) is 22.1. The molecule has 1 aromatic heterocycles. The molecule has 1 rings (SSSR count). The van der Waals surface area contributed by atoms with Crippen LogP contribution in [-0.2, 0) is 6.54 Å². The van der Waals surface area contributed by atoms with Crippen LogP contribution in [0.2, 0.25) is 0 Å². The van der Waals surface area contributed by atoms with Crippen LogP contribution >= 0.6 is 0 Å². The molecule has 0 fully saturated rings. The first-order chi connectivity index (χ1) is 6.15. The minimum atomic E-state index is -0.160. The van der Waals surface area contributed by atoms with Crippen LogP contribution in [0.25, 0.3) is 0 Å². The average molecular weight is 180 g/mol. The molecule has 0 saturated carbocycles. The highest BCUT2D eigenvalue weighted by Crippen LogP contribution is 1.92. The van der Waals surface area contributed by atoms with Crippen molar-refractivity contribution < 1.29 is 4.79 Å². The van der Waals surface area contributed by atoms with Crippen molar-refractivity contribution in [1.82, 2.24) is 9.78 Å². The summed E-state index contributed by atoms with van der Waals surface area (Å²) in [6, 6.07) is 2.83. The molecule has 1 aromatic rings. The van der Waals surface area contributed by atoms with Crippen LogP contribution < -0.4 is 5.56 Å². The predicted molar refractivity (Wildman–Crippen MR) is 48.8 cm³/mol. The Hall–Kier alpha value is -1.45. The second kappa shape index (κ2) is 3.98. The number of hydrogen-bond acceptors (Lipinski definition) is 3. The summed E-state index contributed by atoms with van der Waals surface area (Å²) in [5, 5.41) is 3.92. The smallest absolute Gasteiger partial charge is 0.266 e. The monoisotopic (exact) mass is 180 g/mol. The zero-order chi connectivity index (χ0) is 9.84. The topological polar surface area (TPSA) is 52.0 Å². The molecular weight excluding hydrogens is 168 g/mol. The molecule has 4 nitrogen and oxygen atoms in total. The Bertz CT molecular complexity index is 368. The first-order valence-corrected chi connectivity index (χ1v) is 4.24. The van der Waals surface area contributed by atoms with Gasteiger partial charge in [0.25, 0.3) is 5.56 Å². The summed E-state index contributed by atoms with van der Waals surface area (Å²) < 4.78 is 1.32. The minimum absolute atomic E-state index is 0.121. The van der Waals surface area contributed by atoms with Gasteiger partial charge in [-0.25, -0.2) is 4.68 Å². The van der Waals surface area contributed by atoms with Crippen molar-refractivity contribution in [2.24, 2.45) is 0 Å². The van der Waals surface area contributed by atoms with Crippen LogP contribution in [0.5, 0.6) is 0 Å². The van der Waals surface area contributed by atoms with Crippen LogP contribution in [0.1, 0.15) is 30.8 Å². The molecule has 0 spiro atoms. The largest absolute Gasteiger partial charge is 0.293 e. The summed E-state index contributed by atoms with van der Waals surface area (Å²) in [6.45, 7) is 3.94. The van der Waals surface area contributed by atoms with Gasteiger partial charge in [0, 0.05) is 19.5 Å².